The molecule has 3 rings (SSSR count). The van der Waals surface area contributed by atoms with E-state index in [9.17, 15) is 18.3 Å². The highest BCUT2D eigenvalue weighted by Crippen LogP contribution is 2.45. The molecule has 0 aliphatic heterocycles. The zero-order valence-electron chi connectivity index (χ0n) is 12.9. The van der Waals surface area contributed by atoms with Crippen LogP contribution in [-0.2, 0) is 22.6 Å². The van der Waals surface area contributed by atoms with Gasteiger partial charge in [-0.15, -0.1) is 0 Å². The predicted molar refractivity (Wildman–Crippen MR) is 87.5 cm³/mol. The summed E-state index contributed by atoms with van der Waals surface area (Å²) in [7, 11) is -2.69. The van der Waals surface area contributed by atoms with E-state index in [0.717, 1.165) is 17.3 Å². The predicted octanol–water partition coefficient (Wildman–Crippen LogP) is 2.13. The topological polar surface area (TPSA) is 101 Å². The standard InChI is InChI=1S/C15H16ClN3O4S/c1-19-13(14(20)21)12(9-17-19)24(22,23)18-15(7-4-8-15)10-5-2-3-6-11(10)16/h2-3,5-6,9,18H,4,7-8H2,1H3,(H,20,21). The minimum absolute atomic E-state index is 0.351. The third-order valence-corrected chi connectivity index (χ3v) is 6.19. The van der Waals surface area contributed by atoms with E-state index in [0.29, 0.717) is 23.4 Å². The molecule has 0 radical (unpaired) electrons. The number of benzene rings is 1. The summed E-state index contributed by atoms with van der Waals surface area (Å²) >= 11 is 6.24. The number of rotatable bonds is 5. The van der Waals surface area contributed by atoms with Crippen molar-refractivity contribution < 1.29 is 18.3 Å². The SMILES string of the molecule is Cn1ncc(S(=O)(=O)NC2(c3ccccc3Cl)CCC2)c1C(=O)O. The monoisotopic (exact) mass is 369 g/mol. The minimum Gasteiger partial charge on any atom is -0.476 e. The van der Waals surface area contributed by atoms with Crippen molar-refractivity contribution in [3.63, 3.8) is 0 Å². The molecule has 0 saturated heterocycles. The van der Waals surface area contributed by atoms with Crippen molar-refractivity contribution in [1.82, 2.24) is 14.5 Å². The summed E-state index contributed by atoms with van der Waals surface area (Å²) in [5.74, 6) is -1.35. The first-order valence-electron chi connectivity index (χ1n) is 7.31. The number of aromatic carboxylic acids is 1. The number of carbonyl (C=O) groups is 1. The molecule has 1 fully saturated rings. The summed E-state index contributed by atoms with van der Waals surface area (Å²) in [4.78, 5) is 11.0. The zero-order chi connectivity index (χ0) is 17.5. The van der Waals surface area contributed by atoms with Crippen LogP contribution in [0.3, 0.4) is 0 Å². The number of nitrogens with one attached hydrogen (secondary N) is 1. The summed E-state index contributed by atoms with van der Waals surface area (Å²) in [5, 5.41) is 13.5. The highest BCUT2D eigenvalue weighted by atomic mass is 35.5. The molecule has 1 saturated carbocycles. The van der Waals surface area contributed by atoms with E-state index >= 15 is 0 Å². The second-order valence-corrected chi connectivity index (χ2v) is 7.87. The fourth-order valence-corrected chi connectivity index (χ4v) is 4.89. The Balaban J connectivity index is 2.03. The average Bonchev–Trinajstić information content (AvgIpc) is 2.87. The number of aromatic nitrogens is 2. The largest absolute Gasteiger partial charge is 0.476 e. The summed E-state index contributed by atoms with van der Waals surface area (Å²) < 4.78 is 29.3. The van der Waals surface area contributed by atoms with Crippen LogP contribution >= 0.6 is 11.6 Å². The fraction of sp³-hybridized carbons (Fsp3) is 0.333. The van der Waals surface area contributed by atoms with Gasteiger partial charge in [0, 0.05) is 12.1 Å². The third-order valence-electron chi connectivity index (χ3n) is 4.32. The van der Waals surface area contributed by atoms with Gasteiger partial charge in [0.05, 0.1) is 11.7 Å². The highest BCUT2D eigenvalue weighted by molar-refractivity contribution is 7.89. The van der Waals surface area contributed by atoms with Crippen molar-refractivity contribution >= 4 is 27.6 Å². The Bertz CT molecular complexity index is 903. The van der Waals surface area contributed by atoms with Gasteiger partial charge in [-0.3, -0.25) is 4.68 Å². The lowest BCUT2D eigenvalue weighted by Crippen LogP contribution is -2.51. The van der Waals surface area contributed by atoms with E-state index < -0.39 is 21.5 Å². The first kappa shape index (κ1) is 16.9. The number of nitrogens with zero attached hydrogens (tertiary/aromatic N) is 2. The zero-order valence-corrected chi connectivity index (χ0v) is 14.4. The number of carboxylic acids is 1. The Morgan fingerprint density at radius 1 is 1.38 bits per heavy atom. The quantitative estimate of drug-likeness (QED) is 0.840. The van der Waals surface area contributed by atoms with Crippen molar-refractivity contribution in [3.05, 3.63) is 46.7 Å². The third kappa shape index (κ3) is 2.70. The van der Waals surface area contributed by atoms with Crippen LogP contribution in [0.5, 0.6) is 0 Å². The number of hydrogen-bond acceptors (Lipinski definition) is 4. The molecule has 1 aliphatic carbocycles. The molecule has 0 amide bonds. The van der Waals surface area contributed by atoms with Gasteiger partial charge in [-0.1, -0.05) is 29.8 Å². The normalized spacial score (nSPS) is 16.6. The summed E-state index contributed by atoms with van der Waals surface area (Å²) in [6.07, 6.45) is 3.09. The summed E-state index contributed by atoms with van der Waals surface area (Å²) in [5.41, 5.74) is -0.499. The molecule has 9 heteroatoms. The Hall–Kier alpha value is -1.90. The molecule has 1 heterocycles. The first-order valence-corrected chi connectivity index (χ1v) is 9.17. The Morgan fingerprint density at radius 3 is 2.58 bits per heavy atom. The van der Waals surface area contributed by atoms with Crippen LogP contribution in [-0.4, -0.2) is 29.3 Å². The molecule has 2 N–H and O–H groups in total. The van der Waals surface area contributed by atoms with Crippen LogP contribution in [0.4, 0.5) is 0 Å². The van der Waals surface area contributed by atoms with Crippen LogP contribution in [0.1, 0.15) is 35.3 Å². The lowest BCUT2D eigenvalue weighted by Gasteiger charge is -2.43. The molecule has 1 aromatic heterocycles. The maximum Gasteiger partial charge on any atom is 0.355 e. The van der Waals surface area contributed by atoms with Crippen LogP contribution in [0.15, 0.2) is 35.4 Å². The molecule has 1 aliphatic rings. The molecule has 0 spiro atoms. The van der Waals surface area contributed by atoms with Crippen molar-refractivity contribution in [2.24, 2.45) is 7.05 Å². The van der Waals surface area contributed by atoms with Crippen LogP contribution in [0, 0.1) is 0 Å². The average molecular weight is 370 g/mol. The summed E-state index contributed by atoms with van der Waals surface area (Å²) in [6.45, 7) is 0. The maximum absolute atomic E-state index is 12.8. The number of hydrogen-bond donors (Lipinski definition) is 2. The molecule has 0 unspecified atom stereocenters. The Labute approximate surface area is 144 Å². The van der Waals surface area contributed by atoms with Crippen molar-refractivity contribution in [2.45, 2.75) is 29.7 Å². The molecule has 2 aromatic rings. The lowest BCUT2D eigenvalue weighted by molar-refractivity contribution is 0.0680. The molecule has 24 heavy (non-hydrogen) atoms. The van der Waals surface area contributed by atoms with E-state index in [4.69, 9.17) is 11.6 Å². The van der Waals surface area contributed by atoms with Gasteiger partial charge >= 0.3 is 5.97 Å². The second kappa shape index (κ2) is 5.87. The number of halogens is 1. The molecular formula is C15H16ClN3O4S. The molecule has 7 nitrogen and oxygen atoms in total. The molecule has 0 atom stereocenters. The highest BCUT2D eigenvalue weighted by Gasteiger charge is 2.44. The van der Waals surface area contributed by atoms with Crippen LogP contribution in [0.2, 0.25) is 5.02 Å². The van der Waals surface area contributed by atoms with Gasteiger partial charge in [0.2, 0.25) is 10.0 Å². The minimum atomic E-state index is -4.07. The van der Waals surface area contributed by atoms with Gasteiger partial charge in [-0.05, 0) is 30.9 Å². The first-order chi connectivity index (χ1) is 11.3. The van der Waals surface area contributed by atoms with E-state index in [2.05, 4.69) is 9.82 Å². The van der Waals surface area contributed by atoms with E-state index in [1.807, 2.05) is 0 Å². The van der Waals surface area contributed by atoms with Gasteiger partial charge in [-0.2, -0.15) is 5.10 Å². The van der Waals surface area contributed by atoms with Gasteiger partial charge in [0.1, 0.15) is 4.90 Å². The van der Waals surface area contributed by atoms with Crippen molar-refractivity contribution in [3.8, 4) is 0 Å². The van der Waals surface area contributed by atoms with Crippen LogP contribution < -0.4 is 4.72 Å². The molecule has 1 aromatic carbocycles. The van der Waals surface area contributed by atoms with Crippen LogP contribution in [0.25, 0.3) is 0 Å². The number of sulfonamides is 1. The van der Waals surface area contributed by atoms with Gasteiger partial charge < -0.3 is 5.11 Å². The number of aryl methyl sites for hydroxylation is 1. The summed E-state index contributed by atoms with van der Waals surface area (Å²) in [6, 6.07) is 7.06. The molecule has 0 bridgehead atoms. The van der Waals surface area contributed by atoms with Gasteiger partial charge in [-0.25, -0.2) is 17.9 Å². The van der Waals surface area contributed by atoms with E-state index in [-0.39, 0.29) is 10.6 Å². The fourth-order valence-electron chi connectivity index (χ4n) is 2.98. The van der Waals surface area contributed by atoms with E-state index in [1.54, 1.807) is 24.3 Å². The van der Waals surface area contributed by atoms with Crippen molar-refractivity contribution in [2.75, 3.05) is 0 Å². The van der Waals surface area contributed by atoms with Crippen molar-refractivity contribution in [1.29, 1.82) is 0 Å². The van der Waals surface area contributed by atoms with E-state index in [1.165, 1.54) is 7.05 Å². The molecular weight excluding hydrogens is 354 g/mol. The smallest absolute Gasteiger partial charge is 0.355 e. The second-order valence-electron chi connectivity index (χ2n) is 5.81. The lowest BCUT2D eigenvalue weighted by atomic mass is 9.73. The molecule has 128 valence electrons. The maximum atomic E-state index is 12.8. The number of carboxylic acid groups (broad SMARTS) is 1. The van der Waals surface area contributed by atoms with Gasteiger partial charge in [0.25, 0.3) is 0 Å². The Kier molecular flexibility index (Phi) is 4.15. The van der Waals surface area contributed by atoms with Gasteiger partial charge in [0.15, 0.2) is 5.69 Å². The Morgan fingerprint density at radius 2 is 2.04 bits per heavy atom.